The molecule has 0 radical (unpaired) electrons. The van der Waals surface area contributed by atoms with E-state index < -0.39 is 0 Å². The van der Waals surface area contributed by atoms with Crippen molar-refractivity contribution in [3.8, 4) is 5.69 Å². The smallest absolute Gasteiger partial charge is 0.252 e. The van der Waals surface area contributed by atoms with Crippen molar-refractivity contribution >= 4 is 79.0 Å². The van der Waals surface area contributed by atoms with Crippen LogP contribution in [0.2, 0.25) is 0 Å². The van der Waals surface area contributed by atoms with Crippen LogP contribution in [0, 0.1) is 25.5 Å². The van der Waals surface area contributed by atoms with E-state index in [1.54, 1.807) is 12.1 Å². The molecule has 0 saturated carbocycles. The van der Waals surface area contributed by atoms with Crippen LogP contribution >= 0.6 is 0 Å². The maximum atomic E-state index is 16.7. The van der Waals surface area contributed by atoms with E-state index in [2.05, 4.69) is 147 Å². The lowest BCUT2D eigenvalue weighted by Crippen LogP contribution is -2.61. The molecular weight excluding hydrogens is 727 g/mol. The number of rotatable bonds is 5. The van der Waals surface area contributed by atoms with Gasteiger partial charge in [-0.15, -0.1) is 0 Å². The number of hydrogen-bond donors (Lipinski definition) is 0. The number of benzene rings is 7. The van der Waals surface area contributed by atoms with Crippen LogP contribution in [-0.4, -0.2) is 11.3 Å². The van der Waals surface area contributed by atoms with Crippen molar-refractivity contribution in [1.29, 1.82) is 0 Å². The van der Waals surface area contributed by atoms with E-state index >= 15 is 8.78 Å². The Hall–Kier alpha value is -6.14. The fourth-order valence-electron chi connectivity index (χ4n) is 9.52. The van der Waals surface area contributed by atoms with Crippen LogP contribution in [0.5, 0.6) is 0 Å². The molecule has 0 spiro atoms. The predicted octanol–water partition coefficient (Wildman–Crippen LogP) is 12.7. The summed E-state index contributed by atoms with van der Waals surface area (Å²) in [6.45, 7) is 17.1. The summed E-state index contributed by atoms with van der Waals surface area (Å²) in [6.07, 6.45) is 0.961. The summed E-state index contributed by atoms with van der Waals surface area (Å²) in [5.74, 6) is -0.581. The van der Waals surface area contributed by atoms with Crippen LogP contribution in [0.3, 0.4) is 0 Å². The van der Waals surface area contributed by atoms with Crippen molar-refractivity contribution in [2.24, 2.45) is 0 Å². The second kappa shape index (κ2) is 13.2. The zero-order valence-corrected chi connectivity index (χ0v) is 35.1. The van der Waals surface area contributed by atoms with E-state index in [4.69, 9.17) is 0 Å². The Kier molecular flexibility index (Phi) is 8.31. The molecule has 0 aliphatic carbocycles. The van der Waals surface area contributed by atoms with Gasteiger partial charge < -0.3 is 14.4 Å². The van der Waals surface area contributed by atoms with Crippen LogP contribution in [0.15, 0.2) is 133 Å². The third-order valence-electron chi connectivity index (χ3n) is 13.1. The summed E-state index contributed by atoms with van der Waals surface area (Å²) in [6, 6.07) is 46.1. The number of aromatic nitrogens is 1. The lowest BCUT2D eigenvalue weighted by atomic mass is 9.33. The van der Waals surface area contributed by atoms with Gasteiger partial charge in [0.2, 0.25) is 0 Å². The summed E-state index contributed by atoms with van der Waals surface area (Å²) < 4.78 is 35.4. The molecule has 8 aromatic rings. The topological polar surface area (TPSA) is 11.4 Å². The number of halogens is 2. The molecule has 3 nitrogen and oxygen atoms in total. The summed E-state index contributed by atoms with van der Waals surface area (Å²) in [4.78, 5) is 4.20. The second-order valence-corrected chi connectivity index (χ2v) is 18.3. The minimum absolute atomic E-state index is 0.0204. The van der Waals surface area contributed by atoms with Gasteiger partial charge in [0.15, 0.2) is 0 Å². The van der Waals surface area contributed by atoms with Gasteiger partial charge >= 0.3 is 0 Å². The molecule has 0 fully saturated rings. The van der Waals surface area contributed by atoms with Crippen molar-refractivity contribution in [3.05, 3.63) is 167 Å². The van der Waals surface area contributed by atoms with Gasteiger partial charge in [-0.25, -0.2) is 8.78 Å². The first kappa shape index (κ1) is 37.2. The summed E-state index contributed by atoms with van der Waals surface area (Å²) in [7, 11) is 0. The van der Waals surface area contributed by atoms with E-state index in [9.17, 15) is 0 Å². The van der Waals surface area contributed by atoms with Gasteiger partial charge in [0.05, 0.1) is 22.4 Å². The van der Waals surface area contributed by atoms with Gasteiger partial charge in [0.25, 0.3) is 6.71 Å². The van der Waals surface area contributed by atoms with E-state index in [1.807, 2.05) is 44.2 Å². The normalized spacial score (nSPS) is 13.6. The Bertz CT molecular complexity index is 3010. The van der Waals surface area contributed by atoms with Gasteiger partial charge in [-0.05, 0) is 136 Å². The molecule has 59 heavy (non-hydrogen) atoms. The highest BCUT2D eigenvalue weighted by Crippen LogP contribution is 2.47. The molecule has 1 aromatic heterocycles. The number of fused-ring (bicyclic) bond motifs is 7. The fourth-order valence-corrected chi connectivity index (χ4v) is 9.52. The largest absolute Gasteiger partial charge is 0.309 e. The zero-order chi connectivity index (χ0) is 41.1. The third-order valence-corrected chi connectivity index (χ3v) is 13.1. The highest BCUT2D eigenvalue weighted by molar-refractivity contribution is 7.00. The highest BCUT2D eigenvalue weighted by atomic mass is 19.1. The molecule has 0 bridgehead atoms. The maximum absolute atomic E-state index is 16.7. The van der Waals surface area contributed by atoms with Crippen molar-refractivity contribution < 1.29 is 8.78 Å². The first-order valence-electron chi connectivity index (χ1n) is 20.8. The Balaban J connectivity index is 1.33. The van der Waals surface area contributed by atoms with Gasteiger partial charge in [0, 0.05) is 39.2 Å². The highest BCUT2D eigenvalue weighted by Gasteiger charge is 2.45. The van der Waals surface area contributed by atoms with Gasteiger partial charge in [0.1, 0.15) is 11.6 Å². The summed E-state index contributed by atoms with van der Waals surface area (Å²) >= 11 is 0. The lowest BCUT2D eigenvalue weighted by molar-refractivity contribution is 0.506. The minimum Gasteiger partial charge on any atom is -0.309 e. The monoisotopic (exact) mass is 775 g/mol. The maximum Gasteiger partial charge on any atom is 0.252 e. The molecular formula is C53H48BF2N3. The van der Waals surface area contributed by atoms with Crippen LogP contribution in [-0.2, 0) is 10.8 Å². The number of nitrogens with zero attached hydrogens (tertiary/aromatic N) is 3. The van der Waals surface area contributed by atoms with E-state index in [-0.39, 0.29) is 29.2 Å². The zero-order valence-electron chi connectivity index (χ0n) is 35.1. The third kappa shape index (κ3) is 5.67. The standard InChI is InChI=1S/C53H48BF2N3/c1-9-53(7,8)35-21-26-44-39(29-35)54-40-30-38-37-13-10-11-14-43(37)57(36-22-19-34(20-23-36)52(4,5)6)49(38)31-50(40)59(46-25-18-33(3)28-42(46)56)48-16-12-15-47(51(48)54)58(44)45-24-17-32(2)27-41(45)55/h10-31H,9H2,1-8H3. The van der Waals surface area contributed by atoms with Crippen LogP contribution in [0.4, 0.5) is 42.9 Å². The number of anilines is 6. The van der Waals surface area contributed by atoms with Crippen LogP contribution in [0.1, 0.15) is 70.2 Å². The van der Waals surface area contributed by atoms with Crippen molar-refractivity contribution in [3.63, 3.8) is 0 Å². The molecule has 292 valence electrons. The molecule has 0 amide bonds. The molecule has 10 rings (SSSR count). The molecule has 0 atom stereocenters. The predicted molar refractivity (Wildman–Crippen MR) is 246 cm³/mol. The molecule has 0 N–H and O–H groups in total. The molecule has 2 aliphatic rings. The number of hydrogen-bond acceptors (Lipinski definition) is 2. The number of aryl methyl sites for hydroxylation is 2. The molecule has 2 aliphatic heterocycles. The van der Waals surface area contributed by atoms with Crippen molar-refractivity contribution in [1.82, 2.24) is 4.57 Å². The molecule has 6 heteroatoms. The Morgan fingerprint density at radius 3 is 1.69 bits per heavy atom. The Morgan fingerprint density at radius 1 is 0.508 bits per heavy atom. The van der Waals surface area contributed by atoms with Gasteiger partial charge in [-0.1, -0.05) is 108 Å². The lowest BCUT2D eigenvalue weighted by Gasteiger charge is -2.44. The average Bonchev–Trinajstić information content (AvgIpc) is 3.53. The number of para-hydroxylation sites is 1. The van der Waals surface area contributed by atoms with E-state index in [0.29, 0.717) is 11.4 Å². The van der Waals surface area contributed by atoms with Gasteiger partial charge in [-0.3, -0.25) is 0 Å². The Morgan fingerprint density at radius 2 is 1.08 bits per heavy atom. The van der Waals surface area contributed by atoms with Crippen molar-refractivity contribution in [2.45, 2.75) is 72.6 Å². The summed E-state index contributed by atoms with van der Waals surface area (Å²) in [5, 5.41) is 2.28. The van der Waals surface area contributed by atoms with Crippen LogP contribution < -0.4 is 26.2 Å². The van der Waals surface area contributed by atoms with E-state index in [1.165, 1.54) is 11.1 Å². The molecule has 3 heterocycles. The van der Waals surface area contributed by atoms with Gasteiger partial charge in [-0.2, -0.15) is 0 Å². The van der Waals surface area contributed by atoms with E-state index in [0.717, 1.165) is 84.2 Å². The SMILES string of the molecule is CCC(C)(C)c1ccc2c(c1)B1c3cc4c5ccccc5n(-c5ccc(C(C)(C)C)cc5)c4cc3N(c3ccc(C)cc3F)c3cccc(c31)N2c1ccc(C)cc1F. The molecule has 0 unspecified atom stereocenters. The summed E-state index contributed by atoms with van der Waals surface area (Å²) in [5.41, 5.74) is 15.2. The fraction of sp³-hybridized carbons (Fsp3) is 0.208. The molecule has 7 aromatic carbocycles. The molecule has 0 saturated heterocycles. The average molecular weight is 776 g/mol. The van der Waals surface area contributed by atoms with Crippen molar-refractivity contribution in [2.75, 3.05) is 9.80 Å². The quantitative estimate of drug-likeness (QED) is 0.161. The first-order valence-corrected chi connectivity index (χ1v) is 20.8. The van der Waals surface area contributed by atoms with Crippen LogP contribution in [0.25, 0.3) is 27.5 Å². The second-order valence-electron chi connectivity index (χ2n) is 18.3. The minimum atomic E-state index is -0.296. The first-order chi connectivity index (χ1) is 28.2. The Labute approximate surface area is 346 Å².